The number of nitrogens with zero attached hydrogens (tertiary/aromatic N) is 1. The number of hydrogen-bond acceptors (Lipinski definition) is 3. The first-order chi connectivity index (χ1) is 9.45. The summed E-state index contributed by atoms with van der Waals surface area (Å²) in [4.78, 5) is 23.3. The van der Waals surface area contributed by atoms with Crippen LogP contribution in [0.3, 0.4) is 0 Å². The Morgan fingerprint density at radius 1 is 1.25 bits per heavy atom. The molecule has 1 aromatic heterocycles. The highest BCUT2D eigenvalue weighted by atomic mass is 19.2. The largest absolute Gasteiger partial charge is 0.462 e. The summed E-state index contributed by atoms with van der Waals surface area (Å²) in [7, 11) is 0. The number of aromatic nitrogens is 2. The summed E-state index contributed by atoms with van der Waals surface area (Å²) >= 11 is 0. The van der Waals surface area contributed by atoms with Gasteiger partial charge >= 0.3 is 5.97 Å². The van der Waals surface area contributed by atoms with Crippen LogP contribution in [0.4, 0.5) is 13.2 Å². The summed E-state index contributed by atoms with van der Waals surface area (Å²) < 4.78 is 44.7. The van der Waals surface area contributed by atoms with Crippen LogP contribution >= 0.6 is 0 Å². The lowest BCUT2D eigenvalue weighted by atomic mass is 10.3. The zero-order valence-electron chi connectivity index (χ0n) is 10.2. The van der Waals surface area contributed by atoms with Crippen LogP contribution in [-0.4, -0.2) is 22.4 Å². The van der Waals surface area contributed by atoms with Gasteiger partial charge in [-0.1, -0.05) is 0 Å². The Bertz CT molecular complexity index is 721. The van der Waals surface area contributed by atoms with Gasteiger partial charge < -0.3 is 4.74 Å². The number of esters is 1. The lowest BCUT2D eigenvalue weighted by molar-refractivity contribution is 0.0525. The fourth-order valence-electron chi connectivity index (χ4n) is 1.59. The molecule has 0 saturated heterocycles. The number of benzene rings is 1. The SMILES string of the molecule is CCOC(=O)c1c[nH]n(-c2cc(F)c(F)cc2F)c1=O. The Labute approximate surface area is 110 Å². The number of aromatic amines is 1. The third kappa shape index (κ3) is 2.31. The molecule has 2 aromatic rings. The zero-order valence-corrected chi connectivity index (χ0v) is 10.2. The first kappa shape index (κ1) is 13.9. The smallest absolute Gasteiger partial charge is 0.345 e. The number of halogens is 3. The molecule has 1 heterocycles. The van der Waals surface area contributed by atoms with Crippen LogP contribution in [0.5, 0.6) is 0 Å². The van der Waals surface area contributed by atoms with Gasteiger partial charge in [-0.2, -0.15) is 0 Å². The molecule has 0 fully saturated rings. The fourth-order valence-corrected chi connectivity index (χ4v) is 1.59. The van der Waals surface area contributed by atoms with Crippen LogP contribution in [0, 0.1) is 17.5 Å². The highest BCUT2D eigenvalue weighted by Crippen LogP contribution is 2.16. The summed E-state index contributed by atoms with van der Waals surface area (Å²) in [6.45, 7) is 1.61. The Hall–Kier alpha value is -2.51. The van der Waals surface area contributed by atoms with Crippen molar-refractivity contribution in [2.45, 2.75) is 6.92 Å². The van der Waals surface area contributed by atoms with Gasteiger partial charge in [-0.3, -0.25) is 9.89 Å². The molecule has 5 nitrogen and oxygen atoms in total. The van der Waals surface area contributed by atoms with Crippen LogP contribution in [0.2, 0.25) is 0 Å². The van der Waals surface area contributed by atoms with E-state index in [4.69, 9.17) is 0 Å². The van der Waals surface area contributed by atoms with Crippen LogP contribution < -0.4 is 5.56 Å². The molecular formula is C12H9F3N2O3. The van der Waals surface area contributed by atoms with E-state index in [-0.39, 0.29) is 12.2 Å². The average molecular weight is 286 g/mol. The van der Waals surface area contributed by atoms with Crippen LogP contribution in [0.25, 0.3) is 5.69 Å². The Kier molecular flexibility index (Phi) is 3.64. The van der Waals surface area contributed by atoms with Gasteiger partial charge in [0.15, 0.2) is 17.5 Å². The molecule has 2 rings (SSSR count). The number of carbonyl (C=O) groups is 1. The maximum absolute atomic E-state index is 13.6. The molecule has 0 aliphatic rings. The van der Waals surface area contributed by atoms with Crippen molar-refractivity contribution in [1.82, 2.24) is 9.78 Å². The van der Waals surface area contributed by atoms with Gasteiger partial charge in [-0.25, -0.2) is 22.6 Å². The van der Waals surface area contributed by atoms with Crippen LogP contribution in [0.1, 0.15) is 17.3 Å². The quantitative estimate of drug-likeness (QED) is 0.690. The first-order valence-corrected chi connectivity index (χ1v) is 5.58. The molecule has 0 bridgehead atoms. The zero-order chi connectivity index (χ0) is 14.9. The van der Waals surface area contributed by atoms with Gasteiger partial charge in [0.25, 0.3) is 5.56 Å². The van der Waals surface area contributed by atoms with Crippen molar-refractivity contribution in [3.63, 3.8) is 0 Å². The van der Waals surface area contributed by atoms with Crippen molar-refractivity contribution in [2.24, 2.45) is 0 Å². The van der Waals surface area contributed by atoms with Crippen molar-refractivity contribution in [3.05, 3.63) is 51.7 Å². The second kappa shape index (κ2) is 5.24. The summed E-state index contributed by atoms with van der Waals surface area (Å²) in [5.74, 6) is -4.74. The molecular weight excluding hydrogens is 277 g/mol. The normalized spacial score (nSPS) is 10.6. The van der Waals surface area contributed by atoms with E-state index in [1.165, 1.54) is 0 Å². The number of rotatable bonds is 3. The number of ether oxygens (including phenoxy) is 1. The van der Waals surface area contributed by atoms with Gasteiger partial charge in [0, 0.05) is 18.3 Å². The summed E-state index contributed by atoms with van der Waals surface area (Å²) in [6.07, 6.45) is 1.00. The monoisotopic (exact) mass is 286 g/mol. The van der Waals surface area contributed by atoms with Gasteiger partial charge in [0.05, 0.1) is 6.61 Å². The summed E-state index contributed by atoms with van der Waals surface area (Å²) in [5.41, 5.74) is -1.83. The Balaban J connectivity index is 2.53. The molecule has 20 heavy (non-hydrogen) atoms. The van der Waals surface area contributed by atoms with E-state index in [0.29, 0.717) is 16.8 Å². The molecule has 1 aromatic carbocycles. The number of H-pyrrole nitrogens is 1. The molecule has 0 radical (unpaired) electrons. The molecule has 0 spiro atoms. The highest BCUT2D eigenvalue weighted by molar-refractivity contribution is 5.88. The first-order valence-electron chi connectivity index (χ1n) is 5.58. The van der Waals surface area contributed by atoms with Crippen molar-refractivity contribution < 1.29 is 22.7 Å². The second-order valence-corrected chi connectivity index (χ2v) is 3.77. The van der Waals surface area contributed by atoms with Crippen molar-refractivity contribution in [1.29, 1.82) is 0 Å². The third-order valence-electron chi connectivity index (χ3n) is 2.50. The lowest BCUT2D eigenvalue weighted by Gasteiger charge is -2.04. The molecule has 0 unspecified atom stereocenters. The van der Waals surface area contributed by atoms with E-state index in [1.54, 1.807) is 6.92 Å². The van der Waals surface area contributed by atoms with Gasteiger partial charge in [-0.15, -0.1) is 0 Å². The highest BCUT2D eigenvalue weighted by Gasteiger charge is 2.19. The molecule has 0 aliphatic heterocycles. The summed E-state index contributed by atoms with van der Waals surface area (Å²) in [5, 5.41) is 2.29. The topological polar surface area (TPSA) is 64.1 Å². The van der Waals surface area contributed by atoms with E-state index in [0.717, 1.165) is 6.20 Å². The predicted molar refractivity (Wildman–Crippen MR) is 62.2 cm³/mol. The minimum atomic E-state index is -1.38. The van der Waals surface area contributed by atoms with Crippen LogP contribution in [-0.2, 0) is 4.74 Å². The van der Waals surface area contributed by atoms with E-state index < -0.39 is 34.7 Å². The van der Waals surface area contributed by atoms with E-state index in [9.17, 15) is 22.8 Å². The average Bonchev–Trinajstić information content (AvgIpc) is 2.76. The van der Waals surface area contributed by atoms with E-state index in [2.05, 4.69) is 9.84 Å². The second-order valence-electron chi connectivity index (χ2n) is 3.77. The summed E-state index contributed by atoms with van der Waals surface area (Å²) in [6, 6.07) is 0.819. The molecule has 0 amide bonds. The third-order valence-corrected chi connectivity index (χ3v) is 2.50. The maximum Gasteiger partial charge on any atom is 0.345 e. The number of hydrogen-bond donors (Lipinski definition) is 1. The molecule has 1 N–H and O–H groups in total. The van der Waals surface area contributed by atoms with Gasteiger partial charge in [-0.05, 0) is 6.92 Å². The number of nitrogens with one attached hydrogen (secondary N) is 1. The van der Waals surface area contributed by atoms with E-state index >= 15 is 0 Å². The minimum Gasteiger partial charge on any atom is -0.462 e. The van der Waals surface area contributed by atoms with Crippen LogP contribution in [0.15, 0.2) is 23.1 Å². The van der Waals surface area contributed by atoms with E-state index in [1.807, 2.05) is 0 Å². The standard InChI is InChI=1S/C12H9F3N2O3/c1-2-20-12(19)6-5-16-17(11(6)18)10-4-8(14)7(13)3-9(10)15/h3-5,16H,2H2,1H3. The molecule has 0 saturated carbocycles. The maximum atomic E-state index is 13.6. The molecule has 8 heteroatoms. The fraction of sp³-hybridized carbons (Fsp3) is 0.167. The lowest BCUT2D eigenvalue weighted by Crippen LogP contribution is -2.22. The van der Waals surface area contributed by atoms with Crippen molar-refractivity contribution in [2.75, 3.05) is 6.61 Å². The minimum absolute atomic E-state index is 0.0585. The van der Waals surface area contributed by atoms with Gasteiger partial charge in [0.2, 0.25) is 0 Å². The molecule has 0 aliphatic carbocycles. The number of carbonyl (C=O) groups excluding carboxylic acids is 1. The Morgan fingerprint density at radius 2 is 1.90 bits per heavy atom. The van der Waals surface area contributed by atoms with Gasteiger partial charge in [0.1, 0.15) is 11.3 Å². The predicted octanol–water partition coefficient (Wildman–Crippen LogP) is 1.76. The molecule has 0 atom stereocenters. The van der Waals surface area contributed by atoms with Crippen molar-refractivity contribution >= 4 is 5.97 Å². The molecule has 106 valence electrons. The van der Waals surface area contributed by atoms with Crippen molar-refractivity contribution in [3.8, 4) is 5.69 Å². The Morgan fingerprint density at radius 3 is 2.55 bits per heavy atom.